The predicted molar refractivity (Wildman–Crippen MR) is 81.2 cm³/mol. The Kier molecular flexibility index (Phi) is 5.96. The van der Waals surface area contributed by atoms with Gasteiger partial charge in [-0.2, -0.15) is 0 Å². The molecule has 1 aromatic rings. The van der Waals surface area contributed by atoms with Crippen molar-refractivity contribution >= 4 is 23.2 Å². The van der Waals surface area contributed by atoms with Crippen molar-refractivity contribution in [1.82, 2.24) is 5.32 Å². The topological polar surface area (TPSA) is 21.3 Å². The molecule has 0 bridgehead atoms. The summed E-state index contributed by atoms with van der Waals surface area (Å²) in [6.07, 6.45) is 6.16. The Hall–Kier alpha value is -0.280. The average Bonchev–Trinajstić information content (AvgIpc) is 2.41. The first-order chi connectivity index (χ1) is 9.19. The highest BCUT2D eigenvalue weighted by atomic mass is 35.5. The summed E-state index contributed by atoms with van der Waals surface area (Å²) in [6, 6.07) is 6.28. The molecule has 4 heteroatoms. The SMILES string of the molecule is COC1CCCC(NCCc2ccc(Cl)cc2Cl)C1. The minimum Gasteiger partial charge on any atom is -0.381 e. The Bertz CT molecular complexity index is 411. The van der Waals surface area contributed by atoms with Crippen LogP contribution in [0.25, 0.3) is 0 Å². The van der Waals surface area contributed by atoms with Crippen LogP contribution in [0.2, 0.25) is 10.0 Å². The van der Waals surface area contributed by atoms with Crippen molar-refractivity contribution in [3.05, 3.63) is 33.8 Å². The molecule has 1 saturated carbocycles. The maximum Gasteiger partial charge on any atom is 0.0586 e. The van der Waals surface area contributed by atoms with Gasteiger partial charge in [-0.15, -0.1) is 0 Å². The summed E-state index contributed by atoms with van der Waals surface area (Å²) < 4.78 is 5.44. The summed E-state index contributed by atoms with van der Waals surface area (Å²) in [5.74, 6) is 0. The number of benzene rings is 1. The van der Waals surface area contributed by atoms with Crippen molar-refractivity contribution in [3.63, 3.8) is 0 Å². The van der Waals surface area contributed by atoms with E-state index in [0.29, 0.717) is 17.2 Å². The molecule has 1 aliphatic rings. The van der Waals surface area contributed by atoms with E-state index in [1.54, 1.807) is 13.2 Å². The van der Waals surface area contributed by atoms with Crippen LogP contribution in [0.3, 0.4) is 0 Å². The second kappa shape index (κ2) is 7.49. The Labute approximate surface area is 125 Å². The van der Waals surface area contributed by atoms with E-state index in [1.807, 2.05) is 12.1 Å². The molecule has 106 valence electrons. The van der Waals surface area contributed by atoms with Gasteiger partial charge < -0.3 is 10.1 Å². The standard InChI is InChI=1S/C15H21Cl2NO/c1-19-14-4-2-3-13(10-14)18-8-7-11-5-6-12(16)9-15(11)17/h5-6,9,13-14,18H,2-4,7-8,10H2,1H3. The van der Waals surface area contributed by atoms with E-state index in [0.717, 1.165) is 30.0 Å². The van der Waals surface area contributed by atoms with Gasteiger partial charge in [0.2, 0.25) is 0 Å². The molecule has 2 rings (SSSR count). The number of hydrogen-bond acceptors (Lipinski definition) is 2. The second-order valence-electron chi connectivity index (χ2n) is 5.16. The smallest absolute Gasteiger partial charge is 0.0586 e. The minimum atomic E-state index is 0.422. The van der Waals surface area contributed by atoms with E-state index in [4.69, 9.17) is 27.9 Å². The summed E-state index contributed by atoms with van der Waals surface area (Å²) in [4.78, 5) is 0. The lowest BCUT2D eigenvalue weighted by molar-refractivity contribution is 0.0590. The molecular formula is C15H21Cl2NO. The molecule has 0 aliphatic heterocycles. The molecule has 2 nitrogen and oxygen atoms in total. The van der Waals surface area contributed by atoms with Crippen LogP contribution >= 0.6 is 23.2 Å². The fourth-order valence-corrected chi connectivity index (χ4v) is 3.18. The monoisotopic (exact) mass is 301 g/mol. The van der Waals surface area contributed by atoms with Crippen LogP contribution in [0.1, 0.15) is 31.2 Å². The zero-order valence-electron chi connectivity index (χ0n) is 11.3. The van der Waals surface area contributed by atoms with Gasteiger partial charge in [0.1, 0.15) is 0 Å². The molecule has 0 heterocycles. The molecule has 1 fully saturated rings. The number of rotatable bonds is 5. The van der Waals surface area contributed by atoms with Crippen LogP contribution in [0.4, 0.5) is 0 Å². The summed E-state index contributed by atoms with van der Waals surface area (Å²) in [5.41, 5.74) is 1.15. The maximum absolute atomic E-state index is 6.16. The molecule has 19 heavy (non-hydrogen) atoms. The van der Waals surface area contributed by atoms with Gasteiger partial charge in [-0.05, 0) is 56.3 Å². The highest BCUT2D eigenvalue weighted by Gasteiger charge is 2.20. The predicted octanol–water partition coefficient (Wildman–Crippen LogP) is 4.08. The summed E-state index contributed by atoms with van der Waals surface area (Å²) in [6.45, 7) is 0.947. The molecule has 1 aliphatic carbocycles. The Morgan fingerprint density at radius 3 is 2.89 bits per heavy atom. The number of hydrogen-bond donors (Lipinski definition) is 1. The molecule has 1 N–H and O–H groups in total. The van der Waals surface area contributed by atoms with E-state index in [1.165, 1.54) is 19.3 Å². The Balaban J connectivity index is 1.76. The molecule has 0 aromatic heterocycles. The third kappa shape index (κ3) is 4.64. The first-order valence-electron chi connectivity index (χ1n) is 6.89. The van der Waals surface area contributed by atoms with E-state index < -0.39 is 0 Å². The van der Waals surface area contributed by atoms with Gasteiger partial charge in [-0.25, -0.2) is 0 Å². The van der Waals surface area contributed by atoms with Crippen molar-refractivity contribution in [3.8, 4) is 0 Å². The van der Waals surface area contributed by atoms with Gasteiger partial charge in [0.25, 0.3) is 0 Å². The lowest BCUT2D eigenvalue weighted by Crippen LogP contribution is -2.37. The molecule has 0 amide bonds. The summed E-state index contributed by atoms with van der Waals surface area (Å²) in [5, 5.41) is 5.05. The van der Waals surface area contributed by atoms with E-state index in [-0.39, 0.29) is 0 Å². The van der Waals surface area contributed by atoms with Crippen molar-refractivity contribution in [2.45, 2.75) is 44.2 Å². The molecule has 0 radical (unpaired) electrons. The van der Waals surface area contributed by atoms with Gasteiger partial charge in [0.15, 0.2) is 0 Å². The lowest BCUT2D eigenvalue weighted by Gasteiger charge is -2.29. The van der Waals surface area contributed by atoms with Gasteiger partial charge in [-0.3, -0.25) is 0 Å². The first-order valence-corrected chi connectivity index (χ1v) is 7.64. The van der Waals surface area contributed by atoms with E-state index >= 15 is 0 Å². The Morgan fingerprint density at radius 2 is 2.16 bits per heavy atom. The first kappa shape index (κ1) is 15.1. The fraction of sp³-hybridized carbons (Fsp3) is 0.600. The number of nitrogens with one attached hydrogen (secondary N) is 1. The normalized spacial score (nSPS) is 23.5. The maximum atomic E-state index is 6.16. The quantitative estimate of drug-likeness (QED) is 0.885. The lowest BCUT2D eigenvalue weighted by atomic mass is 9.93. The van der Waals surface area contributed by atoms with Crippen LogP contribution < -0.4 is 5.32 Å². The molecule has 0 spiro atoms. The largest absolute Gasteiger partial charge is 0.381 e. The third-order valence-corrected chi connectivity index (χ3v) is 4.39. The molecule has 2 unspecified atom stereocenters. The zero-order valence-corrected chi connectivity index (χ0v) is 12.8. The van der Waals surface area contributed by atoms with Gasteiger partial charge in [0, 0.05) is 23.2 Å². The highest BCUT2D eigenvalue weighted by molar-refractivity contribution is 6.35. The average molecular weight is 302 g/mol. The molecule has 2 atom stereocenters. The van der Waals surface area contributed by atoms with Crippen LogP contribution in [0.5, 0.6) is 0 Å². The molecule has 1 aromatic carbocycles. The van der Waals surface area contributed by atoms with Gasteiger partial charge >= 0.3 is 0 Å². The Morgan fingerprint density at radius 1 is 1.32 bits per heavy atom. The van der Waals surface area contributed by atoms with Crippen LogP contribution in [-0.4, -0.2) is 25.8 Å². The third-order valence-electron chi connectivity index (χ3n) is 3.80. The molecule has 0 saturated heterocycles. The van der Waals surface area contributed by atoms with Crippen molar-refractivity contribution < 1.29 is 4.74 Å². The number of halogens is 2. The fourth-order valence-electron chi connectivity index (χ4n) is 2.68. The minimum absolute atomic E-state index is 0.422. The van der Waals surface area contributed by atoms with Gasteiger partial charge in [0.05, 0.1) is 6.10 Å². The van der Waals surface area contributed by atoms with E-state index in [2.05, 4.69) is 5.32 Å². The number of ether oxygens (including phenoxy) is 1. The zero-order chi connectivity index (χ0) is 13.7. The summed E-state index contributed by atoms with van der Waals surface area (Å²) >= 11 is 12.1. The van der Waals surface area contributed by atoms with Crippen LogP contribution in [-0.2, 0) is 11.2 Å². The van der Waals surface area contributed by atoms with Crippen LogP contribution in [0, 0.1) is 0 Å². The summed E-state index contributed by atoms with van der Waals surface area (Å²) in [7, 11) is 1.81. The van der Waals surface area contributed by atoms with Crippen molar-refractivity contribution in [1.29, 1.82) is 0 Å². The van der Waals surface area contributed by atoms with Crippen LogP contribution in [0.15, 0.2) is 18.2 Å². The number of methoxy groups -OCH3 is 1. The highest BCUT2D eigenvalue weighted by Crippen LogP contribution is 2.22. The van der Waals surface area contributed by atoms with Crippen molar-refractivity contribution in [2.24, 2.45) is 0 Å². The van der Waals surface area contributed by atoms with Gasteiger partial charge in [-0.1, -0.05) is 29.3 Å². The molecular weight excluding hydrogens is 281 g/mol. The van der Waals surface area contributed by atoms with E-state index in [9.17, 15) is 0 Å². The van der Waals surface area contributed by atoms with Crippen molar-refractivity contribution in [2.75, 3.05) is 13.7 Å². The second-order valence-corrected chi connectivity index (χ2v) is 6.00.